The molecule has 1 fully saturated rings. The first-order chi connectivity index (χ1) is 8.34. The van der Waals surface area contributed by atoms with Gasteiger partial charge in [0, 0.05) is 26.2 Å². The highest BCUT2D eigenvalue weighted by atomic mass is 16.5. The van der Waals surface area contributed by atoms with Gasteiger partial charge < -0.3 is 20.1 Å². The number of carbonyl (C=O) groups is 1. The molecule has 2 amide bonds. The van der Waals surface area contributed by atoms with Crippen molar-refractivity contribution in [3.05, 3.63) is 0 Å². The molecular weight excluding hydrogens is 232 g/mol. The number of β-amino-alcohol motifs (C(OH)–C–C–N with tert-alkyl or cyclic N) is 1. The second-order valence-electron chi connectivity index (χ2n) is 5.76. The Morgan fingerprint density at radius 2 is 2.28 bits per heavy atom. The highest BCUT2D eigenvalue weighted by Gasteiger charge is 2.25. The molecule has 0 aromatic carbocycles. The van der Waals surface area contributed by atoms with Crippen molar-refractivity contribution < 1.29 is 14.6 Å². The highest BCUT2D eigenvalue weighted by molar-refractivity contribution is 5.74. The number of aliphatic hydroxyl groups excluding tert-OH is 1. The number of hydrogen-bond acceptors (Lipinski definition) is 3. The van der Waals surface area contributed by atoms with Crippen LogP contribution in [0.25, 0.3) is 0 Å². The second kappa shape index (κ2) is 6.38. The molecule has 0 radical (unpaired) electrons. The molecule has 2 unspecified atom stereocenters. The predicted molar refractivity (Wildman–Crippen MR) is 70.5 cm³/mol. The third kappa shape index (κ3) is 4.82. The number of amides is 2. The molecule has 0 aromatic rings. The fourth-order valence-electron chi connectivity index (χ4n) is 2.31. The number of ether oxygens (including phenoxy) is 1. The van der Waals surface area contributed by atoms with E-state index in [4.69, 9.17) is 4.74 Å². The SMILES string of the molecule is COC(C)(C)CC(C)NC(=O)N1CCCC(O)C1. The standard InChI is InChI=1S/C13H26N2O3/c1-10(8-13(2,3)18-4)14-12(17)15-7-5-6-11(16)9-15/h10-11,16H,5-9H2,1-4H3,(H,14,17). The summed E-state index contributed by atoms with van der Waals surface area (Å²) in [5.41, 5.74) is -0.242. The topological polar surface area (TPSA) is 61.8 Å². The first-order valence-corrected chi connectivity index (χ1v) is 6.63. The smallest absolute Gasteiger partial charge is 0.317 e. The fraction of sp³-hybridized carbons (Fsp3) is 0.923. The molecule has 1 aliphatic heterocycles. The average molecular weight is 258 g/mol. The van der Waals surface area contributed by atoms with E-state index in [2.05, 4.69) is 5.32 Å². The summed E-state index contributed by atoms with van der Waals surface area (Å²) in [5.74, 6) is 0. The minimum Gasteiger partial charge on any atom is -0.391 e. The van der Waals surface area contributed by atoms with E-state index in [1.807, 2.05) is 20.8 Å². The molecule has 1 aliphatic rings. The summed E-state index contributed by atoms with van der Waals surface area (Å²) in [5, 5.41) is 12.5. The van der Waals surface area contributed by atoms with Gasteiger partial charge in [0.2, 0.25) is 0 Å². The Labute approximate surface area is 109 Å². The minimum atomic E-state index is -0.379. The molecule has 0 saturated carbocycles. The monoisotopic (exact) mass is 258 g/mol. The van der Waals surface area contributed by atoms with E-state index in [1.165, 1.54) is 0 Å². The lowest BCUT2D eigenvalue weighted by Gasteiger charge is -2.32. The van der Waals surface area contributed by atoms with Gasteiger partial charge in [-0.1, -0.05) is 0 Å². The molecule has 0 bridgehead atoms. The summed E-state index contributed by atoms with van der Waals surface area (Å²) in [6, 6.07) is -0.0420. The van der Waals surface area contributed by atoms with Crippen LogP contribution in [-0.4, -0.2) is 54.0 Å². The van der Waals surface area contributed by atoms with Crippen LogP contribution in [0.4, 0.5) is 4.79 Å². The average Bonchev–Trinajstić information content (AvgIpc) is 2.28. The first kappa shape index (κ1) is 15.2. The normalized spacial score (nSPS) is 22.7. The number of aliphatic hydroxyl groups is 1. The van der Waals surface area contributed by atoms with Gasteiger partial charge in [0.05, 0.1) is 11.7 Å². The molecule has 5 heteroatoms. The molecule has 5 nitrogen and oxygen atoms in total. The van der Waals surface area contributed by atoms with Crippen LogP contribution in [0.2, 0.25) is 0 Å². The van der Waals surface area contributed by atoms with Crippen molar-refractivity contribution in [2.75, 3.05) is 20.2 Å². The first-order valence-electron chi connectivity index (χ1n) is 6.63. The third-order valence-electron chi connectivity index (χ3n) is 3.40. The van der Waals surface area contributed by atoms with Gasteiger partial charge >= 0.3 is 6.03 Å². The zero-order valence-corrected chi connectivity index (χ0v) is 11.9. The van der Waals surface area contributed by atoms with Crippen molar-refractivity contribution in [2.24, 2.45) is 0 Å². The molecule has 18 heavy (non-hydrogen) atoms. The molecule has 1 saturated heterocycles. The van der Waals surface area contributed by atoms with E-state index < -0.39 is 0 Å². The van der Waals surface area contributed by atoms with Crippen molar-refractivity contribution in [3.63, 3.8) is 0 Å². The quantitative estimate of drug-likeness (QED) is 0.800. The van der Waals surface area contributed by atoms with Crippen molar-refractivity contribution in [1.29, 1.82) is 0 Å². The van der Waals surface area contributed by atoms with Gasteiger partial charge in [-0.3, -0.25) is 0 Å². The third-order valence-corrected chi connectivity index (χ3v) is 3.40. The summed E-state index contributed by atoms with van der Waals surface area (Å²) < 4.78 is 5.35. The van der Waals surface area contributed by atoms with Gasteiger partial charge in [0.1, 0.15) is 0 Å². The van der Waals surface area contributed by atoms with E-state index in [-0.39, 0.29) is 23.8 Å². The summed E-state index contributed by atoms with van der Waals surface area (Å²) >= 11 is 0. The number of piperidine rings is 1. The van der Waals surface area contributed by atoms with E-state index in [0.717, 1.165) is 25.8 Å². The largest absolute Gasteiger partial charge is 0.391 e. The van der Waals surface area contributed by atoms with Crippen LogP contribution >= 0.6 is 0 Å². The molecule has 0 aromatic heterocycles. The molecule has 106 valence electrons. The van der Waals surface area contributed by atoms with E-state index in [1.54, 1.807) is 12.0 Å². The van der Waals surface area contributed by atoms with Gasteiger partial charge in [-0.05, 0) is 40.0 Å². The van der Waals surface area contributed by atoms with E-state index in [9.17, 15) is 9.90 Å². The Kier molecular flexibility index (Phi) is 5.41. The van der Waals surface area contributed by atoms with E-state index in [0.29, 0.717) is 6.54 Å². The maximum absolute atomic E-state index is 12.0. The summed E-state index contributed by atoms with van der Waals surface area (Å²) in [4.78, 5) is 13.7. The number of nitrogens with one attached hydrogen (secondary N) is 1. The minimum absolute atomic E-state index is 0.0477. The Morgan fingerprint density at radius 3 is 2.83 bits per heavy atom. The van der Waals surface area contributed by atoms with Crippen LogP contribution in [0.15, 0.2) is 0 Å². The lowest BCUT2D eigenvalue weighted by Crippen LogP contribution is -2.50. The van der Waals surface area contributed by atoms with Crippen molar-refractivity contribution >= 4 is 6.03 Å². The summed E-state index contributed by atoms with van der Waals surface area (Å²) in [6.07, 6.45) is 2.03. The summed E-state index contributed by atoms with van der Waals surface area (Å²) in [7, 11) is 1.68. The van der Waals surface area contributed by atoms with Gasteiger partial charge in [-0.25, -0.2) is 4.79 Å². The van der Waals surface area contributed by atoms with Crippen LogP contribution in [-0.2, 0) is 4.74 Å². The number of likely N-dealkylation sites (tertiary alicyclic amines) is 1. The summed E-state index contributed by atoms with van der Waals surface area (Å²) in [6.45, 7) is 7.13. The van der Waals surface area contributed by atoms with Crippen molar-refractivity contribution in [2.45, 2.75) is 57.8 Å². The number of urea groups is 1. The zero-order valence-electron chi connectivity index (χ0n) is 11.9. The second-order valence-corrected chi connectivity index (χ2v) is 5.76. The van der Waals surface area contributed by atoms with Crippen LogP contribution < -0.4 is 5.32 Å². The zero-order chi connectivity index (χ0) is 13.8. The van der Waals surface area contributed by atoms with Gasteiger partial charge in [-0.15, -0.1) is 0 Å². The van der Waals surface area contributed by atoms with Crippen LogP contribution in [0.5, 0.6) is 0 Å². The lowest BCUT2D eigenvalue weighted by atomic mass is 10.00. The van der Waals surface area contributed by atoms with Gasteiger partial charge in [0.25, 0.3) is 0 Å². The number of nitrogens with zero attached hydrogens (tertiary/aromatic N) is 1. The van der Waals surface area contributed by atoms with Gasteiger partial charge in [-0.2, -0.15) is 0 Å². The molecule has 1 rings (SSSR count). The predicted octanol–water partition coefficient (Wildman–Crippen LogP) is 1.36. The maximum atomic E-state index is 12.0. The van der Waals surface area contributed by atoms with Crippen molar-refractivity contribution in [3.8, 4) is 0 Å². The van der Waals surface area contributed by atoms with E-state index >= 15 is 0 Å². The van der Waals surface area contributed by atoms with Crippen LogP contribution in [0, 0.1) is 0 Å². The lowest BCUT2D eigenvalue weighted by molar-refractivity contribution is 0.00869. The number of rotatable bonds is 4. The molecular formula is C13H26N2O3. The maximum Gasteiger partial charge on any atom is 0.317 e. The Balaban J connectivity index is 2.39. The Morgan fingerprint density at radius 1 is 1.61 bits per heavy atom. The number of carbonyl (C=O) groups excluding carboxylic acids is 1. The molecule has 1 heterocycles. The molecule has 2 N–H and O–H groups in total. The molecule has 0 spiro atoms. The number of hydrogen-bond donors (Lipinski definition) is 2. The van der Waals surface area contributed by atoms with Crippen LogP contribution in [0.3, 0.4) is 0 Å². The Bertz CT molecular complexity index is 281. The Hall–Kier alpha value is -0.810. The molecule has 2 atom stereocenters. The fourth-order valence-corrected chi connectivity index (χ4v) is 2.31. The highest BCUT2D eigenvalue weighted by Crippen LogP contribution is 2.16. The van der Waals surface area contributed by atoms with Crippen LogP contribution in [0.1, 0.15) is 40.0 Å². The van der Waals surface area contributed by atoms with Crippen molar-refractivity contribution in [1.82, 2.24) is 10.2 Å². The number of methoxy groups -OCH3 is 1. The molecule has 0 aliphatic carbocycles. The van der Waals surface area contributed by atoms with Gasteiger partial charge in [0.15, 0.2) is 0 Å².